The zero-order valence-corrected chi connectivity index (χ0v) is 13.3. The highest BCUT2D eigenvalue weighted by Crippen LogP contribution is 2.32. The molecule has 0 bridgehead atoms. The minimum atomic E-state index is 0.379. The highest BCUT2D eigenvalue weighted by molar-refractivity contribution is 5.43. The molecular weight excluding hydrogens is 266 g/mol. The van der Waals surface area contributed by atoms with Crippen molar-refractivity contribution >= 4 is 0 Å². The van der Waals surface area contributed by atoms with Crippen molar-refractivity contribution in [2.45, 2.75) is 13.0 Å². The zero-order valence-electron chi connectivity index (χ0n) is 13.3. The predicted octanol–water partition coefficient (Wildman–Crippen LogP) is 1.34. The van der Waals surface area contributed by atoms with E-state index in [2.05, 4.69) is 28.9 Å². The number of piperazine rings is 1. The van der Waals surface area contributed by atoms with Gasteiger partial charge in [-0.3, -0.25) is 9.80 Å². The van der Waals surface area contributed by atoms with E-state index in [1.165, 1.54) is 5.56 Å². The summed E-state index contributed by atoms with van der Waals surface area (Å²) in [5.74, 6) is 1.57. The summed E-state index contributed by atoms with van der Waals surface area (Å²) < 4.78 is 10.7. The number of methoxy groups -OCH3 is 2. The van der Waals surface area contributed by atoms with Crippen LogP contribution in [0.15, 0.2) is 18.2 Å². The van der Waals surface area contributed by atoms with Crippen molar-refractivity contribution in [2.24, 2.45) is 5.73 Å². The van der Waals surface area contributed by atoms with Gasteiger partial charge >= 0.3 is 0 Å². The van der Waals surface area contributed by atoms with Crippen LogP contribution >= 0.6 is 0 Å². The smallest absolute Gasteiger partial charge is 0.161 e. The van der Waals surface area contributed by atoms with Crippen molar-refractivity contribution < 1.29 is 9.47 Å². The van der Waals surface area contributed by atoms with E-state index in [1.54, 1.807) is 14.2 Å². The Balaban J connectivity index is 2.02. The molecule has 0 amide bonds. The number of hydrogen-bond acceptors (Lipinski definition) is 5. The highest BCUT2D eigenvalue weighted by atomic mass is 16.5. The highest BCUT2D eigenvalue weighted by Gasteiger charge is 2.22. The van der Waals surface area contributed by atoms with E-state index in [0.717, 1.165) is 50.8 Å². The number of nitrogens with two attached hydrogens (primary N) is 1. The van der Waals surface area contributed by atoms with Crippen molar-refractivity contribution in [3.8, 4) is 11.5 Å². The summed E-state index contributed by atoms with van der Waals surface area (Å²) >= 11 is 0. The first kappa shape index (κ1) is 16.1. The lowest BCUT2D eigenvalue weighted by Crippen LogP contribution is -2.48. The van der Waals surface area contributed by atoms with Gasteiger partial charge in [0.2, 0.25) is 0 Å². The van der Waals surface area contributed by atoms with Crippen LogP contribution < -0.4 is 15.2 Å². The molecule has 0 radical (unpaired) electrons. The standard InChI is InChI=1S/C16H27N3O2/c1-13(19-10-8-18(7-6-17)9-11-19)14-4-5-15(20-2)16(12-14)21-3/h4-5,12-13H,6-11,17H2,1-3H3. The summed E-state index contributed by atoms with van der Waals surface area (Å²) in [6.45, 7) is 8.33. The topological polar surface area (TPSA) is 51.0 Å². The Labute approximate surface area is 127 Å². The molecule has 1 aromatic carbocycles. The average molecular weight is 293 g/mol. The van der Waals surface area contributed by atoms with Gasteiger partial charge < -0.3 is 15.2 Å². The van der Waals surface area contributed by atoms with Crippen LogP contribution in [-0.4, -0.2) is 63.3 Å². The second-order valence-electron chi connectivity index (χ2n) is 5.46. The van der Waals surface area contributed by atoms with E-state index in [9.17, 15) is 0 Å². The first-order chi connectivity index (χ1) is 10.2. The molecule has 1 heterocycles. The number of nitrogens with zero attached hydrogens (tertiary/aromatic N) is 2. The second-order valence-corrected chi connectivity index (χ2v) is 5.46. The van der Waals surface area contributed by atoms with Crippen LogP contribution in [0.4, 0.5) is 0 Å². The molecule has 0 aromatic heterocycles. The summed E-state index contributed by atoms with van der Waals surface area (Å²) in [6, 6.07) is 6.56. The summed E-state index contributed by atoms with van der Waals surface area (Å²) in [6.07, 6.45) is 0. The van der Waals surface area contributed by atoms with Gasteiger partial charge in [-0.2, -0.15) is 0 Å². The van der Waals surface area contributed by atoms with Crippen molar-refractivity contribution in [1.29, 1.82) is 0 Å². The maximum absolute atomic E-state index is 5.62. The average Bonchev–Trinajstić information content (AvgIpc) is 2.54. The molecule has 2 rings (SSSR count). The Kier molecular flexibility index (Phi) is 5.85. The summed E-state index contributed by atoms with van der Waals surface area (Å²) in [4.78, 5) is 4.94. The number of benzene rings is 1. The van der Waals surface area contributed by atoms with E-state index in [4.69, 9.17) is 15.2 Å². The number of ether oxygens (including phenoxy) is 2. The normalized spacial score (nSPS) is 18.5. The first-order valence-electron chi connectivity index (χ1n) is 7.58. The van der Waals surface area contributed by atoms with Crippen molar-refractivity contribution in [1.82, 2.24) is 9.80 Å². The Morgan fingerprint density at radius 2 is 1.76 bits per heavy atom. The summed E-state index contributed by atoms with van der Waals surface area (Å²) in [5, 5.41) is 0. The lowest BCUT2D eigenvalue weighted by atomic mass is 10.1. The quantitative estimate of drug-likeness (QED) is 0.858. The summed E-state index contributed by atoms with van der Waals surface area (Å²) in [7, 11) is 3.34. The first-order valence-corrected chi connectivity index (χ1v) is 7.58. The summed E-state index contributed by atoms with van der Waals surface area (Å²) in [5.41, 5.74) is 6.89. The fourth-order valence-electron chi connectivity index (χ4n) is 2.88. The SMILES string of the molecule is COc1ccc(C(C)N2CCN(CCN)CC2)cc1OC. The van der Waals surface area contributed by atoms with Gasteiger partial charge in [0.15, 0.2) is 11.5 Å². The van der Waals surface area contributed by atoms with Crippen molar-refractivity contribution in [2.75, 3.05) is 53.5 Å². The van der Waals surface area contributed by atoms with Gasteiger partial charge in [0.25, 0.3) is 0 Å². The van der Waals surface area contributed by atoms with Crippen LogP contribution in [-0.2, 0) is 0 Å². The Bertz CT molecular complexity index is 445. The van der Waals surface area contributed by atoms with Gasteiger partial charge in [0.1, 0.15) is 0 Å². The van der Waals surface area contributed by atoms with Crippen LogP contribution in [0.5, 0.6) is 11.5 Å². The van der Waals surface area contributed by atoms with E-state index in [0.29, 0.717) is 6.04 Å². The third kappa shape index (κ3) is 3.87. The van der Waals surface area contributed by atoms with E-state index < -0.39 is 0 Å². The molecule has 1 aliphatic heterocycles. The van der Waals surface area contributed by atoms with E-state index >= 15 is 0 Å². The third-order valence-corrected chi connectivity index (χ3v) is 4.29. The minimum Gasteiger partial charge on any atom is -0.493 e. The number of rotatable bonds is 6. The van der Waals surface area contributed by atoms with E-state index in [1.807, 2.05) is 6.07 Å². The van der Waals surface area contributed by atoms with Gasteiger partial charge in [-0.15, -0.1) is 0 Å². The fourth-order valence-corrected chi connectivity index (χ4v) is 2.88. The van der Waals surface area contributed by atoms with Crippen LogP contribution in [0.1, 0.15) is 18.5 Å². The molecule has 118 valence electrons. The van der Waals surface area contributed by atoms with Gasteiger partial charge in [0.05, 0.1) is 14.2 Å². The molecule has 0 aliphatic carbocycles. The van der Waals surface area contributed by atoms with Crippen LogP contribution in [0.25, 0.3) is 0 Å². The molecule has 1 atom stereocenters. The molecule has 5 nitrogen and oxygen atoms in total. The molecule has 1 unspecified atom stereocenters. The van der Waals surface area contributed by atoms with E-state index in [-0.39, 0.29) is 0 Å². The van der Waals surface area contributed by atoms with Gasteiger partial charge in [-0.25, -0.2) is 0 Å². The molecule has 21 heavy (non-hydrogen) atoms. The van der Waals surface area contributed by atoms with Crippen LogP contribution in [0.2, 0.25) is 0 Å². The van der Waals surface area contributed by atoms with Gasteiger partial charge in [-0.05, 0) is 24.6 Å². The lowest BCUT2D eigenvalue weighted by molar-refractivity contribution is 0.104. The Hall–Kier alpha value is -1.30. The molecule has 2 N–H and O–H groups in total. The maximum Gasteiger partial charge on any atom is 0.161 e. The molecule has 0 saturated carbocycles. The molecular formula is C16H27N3O2. The number of hydrogen-bond donors (Lipinski definition) is 1. The largest absolute Gasteiger partial charge is 0.493 e. The molecule has 0 spiro atoms. The van der Waals surface area contributed by atoms with Crippen molar-refractivity contribution in [3.63, 3.8) is 0 Å². The second kappa shape index (κ2) is 7.64. The molecule has 1 saturated heterocycles. The molecule has 1 aliphatic rings. The molecule has 1 aromatic rings. The minimum absolute atomic E-state index is 0.379. The molecule has 1 fully saturated rings. The Morgan fingerprint density at radius 1 is 1.10 bits per heavy atom. The predicted molar refractivity (Wildman–Crippen MR) is 85.0 cm³/mol. The maximum atomic E-state index is 5.62. The van der Waals surface area contributed by atoms with Gasteiger partial charge in [-0.1, -0.05) is 6.07 Å². The van der Waals surface area contributed by atoms with Gasteiger partial charge in [0, 0.05) is 45.3 Å². The molecule has 5 heteroatoms. The zero-order chi connectivity index (χ0) is 15.2. The van der Waals surface area contributed by atoms with Crippen molar-refractivity contribution in [3.05, 3.63) is 23.8 Å². The fraction of sp³-hybridized carbons (Fsp3) is 0.625. The Morgan fingerprint density at radius 3 is 2.33 bits per heavy atom. The monoisotopic (exact) mass is 293 g/mol. The van der Waals surface area contributed by atoms with Crippen LogP contribution in [0, 0.1) is 0 Å². The van der Waals surface area contributed by atoms with Crippen LogP contribution in [0.3, 0.4) is 0 Å². The third-order valence-electron chi connectivity index (χ3n) is 4.29. The lowest BCUT2D eigenvalue weighted by Gasteiger charge is -2.38.